The molecule has 5 heteroatoms. The van der Waals surface area contributed by atoms with Crippen LogP contribution in [0.5, 0.6) is 0 Å². The van der Waals surface area contributed by atoms with Crippen LogP contribution >= 0.6 is 23.2 Å². The number of fused-ring (bicyclic) bond motifs is 1. The van der Waals surface area contributed by atoms with Crippen molar-refractivity contribution in [2.45, 2.75) is 26.3 Å². The van der Waals surface area contributed by atoms with Crippen molar-refractivity contribution in [2.75, 3.05) is 6.54 Å². The molecule has 0 radical (unpaired) electrons. The van der Waals surface area contributed by atoms with Gasteiger partial charge in [-0.15, -0.1) is 0 Å². The van der Waals surface area contributed by atoms with E-state index in [4.69, 9.17) is 23.2 Å². The minimum atomic E-state index is -0.0896. The van der Waals surface area contributed by atoms with Gasteiger partial charge in [0.15, 0.2) is 0 Å². The van der Waals surface area contributed by atoms with Crippen molar-refractivity contribution < 1.29 is 4.79 Å². The number of unbranched alkanes of at least 4 members (excludes halogenated alkanes) is 1. The number of aromatic nitrogens is 1. The highest BCUT2D eigenvalue weighted by atomic mass is 35.5. The summed E-state index contributed by atoms with van der Waals surface area (Å²) in [5.74, 6) is -0.0896. The Bertz CT molecular complexity index is 927. The summed E-state index contributed by atoms with van der Waals surface area (Å²) in [5, 5.41) is 1.89. The molecular formula is C21H20Cl2N2O. The molecule has 0 saturated heterocycles. The van der Waals surface area contributed by atoms with Crippen LogP contribution in [0, 0.1) is 0 Å². The van der Waals surface area contributed by atoms with Gasteiger partial charge in [-0.3, -0.25) is 4.79 Å². The quantitative estimate of drug-likeness (QED) is 0.487. The Morgan fingerprint density at radius 1 is 1.08 bits per heavy atom. The number of carbonyl (C=O) groups is 1. The average molecular weight is 387 g/mol. The van der Waals surface area contributed by atoms with E-state index in [-0.39, 0.29) is 5.91 Å². The van der Waals surface area contributed by atoms with Gasteiger partial charge in [0.2, 0.25) is 0 Å². The zero-order valence-electron chi connectivity index (χ0n) is 14.6. The maximum Gasteiger partial charge on any atom is 0.255 e. The Morgan fingerprint density at radius 2 is 1.81 bits per heavy atom. The first-order chi connectivity index (χ1) is 12.6. The number of amides is 1. The van der Waals surface area contributed by atoms with Gasteiger partial charge in [0.1, 0.15) is 5.15 Å². The molecule has 0 aliphatic heterocycles. The number of halogens is 2. The lowest BCUT2D eigenvalue weighted by molar-refractivity contribution is 0.0741. The molecule has 0 bridgehead atoms. The van der Waals surface area contributed by atoms with E-state index in [0.717, 1.165) is 29.3 Å². The number of carbonyl (C=O) groups excluding carboxylic acids is 1. The maximum atomic E-state index is 13.0. The summed E-state index contributed by atoms with van der Waals surface area (Å²) in [5.41, 5.74) is 2.19. The van der Waals surface area contributed by atoms with Gasteiger partial charge in [-0.05, 0) is 30.7 Å². The van der Waals surface area contributed by atoms with Crippen LogP contribution in [0.25, 0.3) is 10.9 Å². The molecule has 0 unspecified atom stereocenters. The molecule has 0 atom stereocenters. The molecule has 0 N–H and O–H groups in total. The van der Waals surface area contributed by atoms with Crippen molar-refractivity contribution in [3.8, 4) is 0 Å². The van der Waals surface area contributed by atoms with Crippen LogP contribution in [-0.4, -0.2) is 22.3 Å². The van der Waals surface area contributed by atoms with Crippen molar-refractivity contribution >= 4 is 40.0 Å². The van der Waals surface area contributed by atoms with Gasteiger partial charge in [-0.1, -0.05) is 66.9 Å². The van der Waals surface area contributed by atoms with Crippen LogP contribution < -0.4 is 0 Å². The third-order valence-corrected chi connectivity index (χ3v) is 4.94. The topological polar surface area (TPSA) is 33.2 Å². The summed E-state index contributed by atoms with van der Waals surface area (Å²) in [6.07, 6.45) is 1.91. The Morgan fingerprint density at radius 3 is 2.58 bits per heavy atom. The number of hydrogen-bond acceptors (Lipinski definition) is 2. The lowest BCUT2D eigenvalue weighted by Crippen LogP contribution is -2.32. The number of para-hydroxylation sites is 1. The molecule has 3 rings (SSSR count). The highest BCUT2D eigenvalue weighted by molar-refractivity contribution is 6.33. The van der Waals surface area contributed by atoms with E-state index in [1.54, 1.807) is 17.0 Å². The fraction of sp³-hybridized carbons (Fsp3) is 0.238. The van der Waals surface area contributed by atoms with E-state index < -0.39 is 0 Å². The molecule has 0 fully saturated rings. The average Bonchev–Trinajstić information content (AvgIpc) is 2.65. The number of rotatable bonds is 6. The smallest absolute Gasteiger partial charge is 0.255 e. The highest BCUT2D eigenvalue weighted by Gasteiger charge is 2.19. The van der Waals surface area contributed by atoms with Gasteiger partial charge in [0.25, 0.3) is 5.91 Å². The molecule has 1 amide bonds. The second kappa shape index (κ2) is 8.52. The predicted molar refractivity (Wildman–Crippen MR) is 108 cm³/mol. The Hall–Kier alpha value is -2.10. The molecule has 2 aromatic carbocycles. The Labute approximate surface area is 163 Å². The van der Waals surface area contributed by atoms with Gasteiger partial charge in [0, 0.05) is 24.0 Å². The monoisotopic (exact) mass is 386 g/mol. The van der Waals surface area contributed by atoms with Crippen LogP contribution in [-0.2, 0) is 6.54 Å². The molecule has 1 heterocycles. The minimum absolute atomic E-state index is 0.0896. The van der Waals surface area contributed by atoms with Crippen LogP contribution in [0.1, 0.15) is 35.7 Å². The summed E-state index contributed by atoms with van der Waals surface area (Å²) in [7, 11) is 0. The molecule has 26 heavy (non-hydrogen) atoms. The second-order valence-electron chi connectivity index (χ2n) is 6.19. The third kappa shape index (κ3) is 4.17. The van der Waals surface area contributed by atoms with Gasteiger partial charge in [0.05, 0.1) is 16.1 Å². The zero-order valence-corrected chi connectivity index (χ0v) is 16.1. The van der Waals surface area contributed by atoms with E-state index in [9.17, 15) is 4.79 Å². The number of pyridine rings is 1. The fourth-order valence-corrected chi connectivity index (χ4v) is 3.28. The van der Waals surface area contributed by atoms with Crippen molar-refractivity contribution in [1.29, 1.82) is 0 Å². The van der Waals surface area contributed by atoms with Gasteiger partial charge >= 0.3 is 0 Å². The van der Waals surface area contributed by atoms with Crippen molar-refractivity contribution in [3.05, 3.63) is 75.9 Å². The maximum absolute atomic E-state index is 13.0. The first kappa shape index (κ1) is 18.7. The van der Waals surface area contributed by atoms with Crippen molar-refractivity contribution in [3.63, 3.8) is 0 Å². The van der Waals surface area contributed by atoms with Crippen LogP contribution in [0.4, 0.5) is 0 Å². The fourth-order valence-electron chi connectivity index (χ4n) is 2.86. The standard InChI is InChI=1S/C21H20Cl2N2O/c1-2-3-12-25(21(26)17-9-5-6-10-18(17)22)14-16-13-15-8-4-7-11-19(15)24-20(16)23/h4-11,13H,2-3,12,14H2,1H3. The van der Waals surface area contributed by atoms with Gasteiger partial charge in [-0.2, -0.15) is 0 Å². The van der Waals surface area contributed by atoms with Crippen molar-refractivity contribution in [2.24, 2.45) is 0 Å². The molecule has 3 nitrogen and oxygen atoms in total. The largest absolute Gasteiger partial charge is 0.334 e. The number of benzene rings is 2. The third-order valence-electron chi connectivity index (χ3n) is 4.28. The molecular weight excluding hydrogens is 367 g/mol. The predicted octanol–water partition coefficient (Wildman–Crippen LogP) is 5.98. The second-order valence-corrected chi connectivity index (χ2v) is 6.96. The van der Waals surface area contributed by atoms with Gasteiger partial charge in [-0.25, -0.2) is 4.98 Å². The molecule has 0 saturated carbocycles. The first-order valence-corrected chi connectivity index (χ1v) is 9.43. The van der Waals surface area contributed by atoms with E-state index in [1.807, 2.05) is 42.5 Å². The van der Waals surface area contributed by atoms with E-state index >= 15 is 0 Å². The molecule has 1 aromatic heterocycles. The molecule has 0 spiro atoms. The van der Waals surface area contributed by atoms with E-state index in [1.165, 1.54) is 0 Å². The Kier molecular flexibility index (Phi) is 6.12. The van der Waals surface area contributed by atoms with Crippen molar-refractivity contribution in [1.82, 2.24) is 9.88 Å². The first-order valence-electron chi connectivity index (χ1n) is 8.68. The van der Waals surface area contributed by atoms with E-state index in [2.05, 4.69) is 11.9 Å². The van der Waals surface area contributed by atoms with E-state index in [0.29, 0.717) is 28.8 Å². The molecule has 0 aliphatic rings. The van der Waals surface area contributed by atoms with Crippen LogP contribution in [0.2, 0.25) is 10.2 Å². The van der Waals surface area contributed by atoms with Crippen LogP contribution in [0.15, 0.2) is 54.6 Å². The lowest BCUT2D eigenvalue weighted by Gasteiger charge is -2.24. The summed E-state index contributed by atoms with van der Waals surface area (Å²) in [6, 6.07) is 16.9. The normalized spacial score (nSPS) is 10.9. The number of nitrogens with zero attached hydrogens (tertiary/aromatic N) is 2. The summed E-state index contributed by atoms with van der Waals surface area (Å²) in [6.45, 7) is 3.15. The SMILES string of the molecule is CCCCN(Cc1cc2ccccc2nc1Cl)C(=O)c1ccccc1Cl. The molecule has 134 valence electrons. The lowest BCUT2D eigenvalue weighted by atomic mass is 10.1. The summed E-state index contributed by atoms with van der Waals surface area (Å²) >= 11 is 12.6. The molecule has 0 aliphatic carbocycles. The highest BCUT2D eigenvalue weighted by Crippen LogP contribution is 2.24. The van der Waals surface area contributed by atoms with Gasteiger partial charge < -0.3 is 4.90 Å². The minimum Gasteiger partial charge on any atom is -0.334 e. The summed E-state index contributed by atoms with van der Waals surface area (Å²) in [4.78, 5) is 19.3. The Balaban J connectivity index is 1.92. The van der Waals surface area contributed by atoms with Crippen LogP contribution in [0.3, 0.4) is 0 Å². The summed E-state index contributed by atoms with van der Waals surface area (Å²) < 4.78 is 0. The zero-order chi connectivity index (χ0) is 18.5. The molecule has 3 aromatic rings. The number of hydrogen-bond donors (Lipinski definition) is 0.